The summed E-state index contributed by atoms with van der Waals surface area (Å²) in [5.74, 6) is 0.412. The minimum Gasteiger partial charge on any atom is -0.383 e. The quantitative estimate of drug-likeness (QED) is 0.831. The van der Waals surface area contributed by atoms with Gasteiger partial charge in [0, 0.05) is 18.9 Å². The fourth-order valence-corrected chi connectivity index (χ4v) is 1.83. The van der Waals surface area contributed by atoms with Crippen LogP contribution in [0, 0.1) is 0 Å². The third kappa shape index (κ3) is 3.07. The first kappa shape index (κ1) is 13.2. The molecule has 0 radical (unpaired) electrons. The Hall–Kier alpha value is -0.840. The smallest absolute Gasteiger partial charge is 0.128 e. The lowest BCUT2D eigenvalue weighted by Crippen LogP contribution is -2.29. The molecule has 16 heavy (non-hydrogen) atoms. The molecule has 5 heteroatoms. The number of nitrogen functional groups attached to an aromatic ring is 1. The highest BCUT2D eigenvalue weighted by molar-refractivity contribution is 6.30. The molecular formula is C11H18ClN3O. The second-order valence-corrected chi connectivity index (χ2v) is 4.15. The number of pyridine rings is 1. The summed E-state index contributed by atoms with van der Waals surface area (Å²) < 4.78 is 5.35. The van der Waals surface area contributed by atoms with Crippen molar-refractivity contribution in [1.82, 2.24) is 4.98 Å². The molecule has 0 fully saturated rings. The van der Waals surface area contributed by atoms with Crippen molar-refractivity contribution in [1.29, 1.82) is 0 Å². The molecule has 0 saturated heterocycles. The van der Waals surface area contributed by atoms with Crippen molar-refractivity contribution in [3.05, 3.63) is 22.8 Å². The van der Waals surface area contributed by atoms with Crippen molar-refractivity contribution >= 4 is 17.4 Å². The van der Waals surface area contributed by atoms with E-state index >= 15 is 0 Å². The van der Waals surface area contributed by atoms with Crippen LogP contribution < -0.4 is 11.5 Å². The minimum absolute atomic E-state index is 0.0624. The molecule has 2 unspecified atom stereocenters. The fraction of sp³-hybridized carbons (Fsp3) is 0.545. The molecule has 1 aromatic heterocycles. The van der Waals surface area contributed by atoms with Gasteiger partial charge in [-0.05, 0) is 12.5 Å². The zero-order valence-electron chi connectivity index (χ0n) is 9.61. The number of halogens is 1. The van der Waals surface area contributed by atoms with Gasteiger partial charge < -0.3 is 16.2 Å². The molecule has 2 atom stereocenters. The molecule has 1 rings (SSSR count). The van der Waals surface area contributed by atoms with Crippen molar-refractivity contribution in [2.24, 2.45) is 5.73 Å². The van der Waals surface area contributed by atoms with Crippen LogP contribution >= 0.6 is 11.6 Å². The third-order valence-corrected chi connectivity index (χ3v) is 2.76. The number of anilines is 1. The fourth-order valence-electron chi connectivity index (χ4n) is 1.66. The number of nitrogens with zero attached hydrogens (tertiary/aromatic N) is 1. The van der Waals surface area contributed by atoms with E-state index in [0.29, 0.717) is 10.8 Å². The molecule has 0 saturated carbocycles. The maximum atomic E-state index is 6.10. The van der Waals surface area contributed by atoms with E-state index in [1.165, 1.54) is 6.20 Å². The number of hydrogen-bond acceptors (Lipinski definition) is 4. The van der Waals surface area contributed by atoms with E-state index < -0.39 is 0 Å². The molecule has 1 heterocycles. The van der Waals surface area contributed by atoms with Crippen LogP contribution in [0.3, 0.4) is 0 Å². The molecule has 0 aliphatic heterocycles. The van der Waals surface area contributed by atoms with Crippen LogP contribution in [0.15, 0.2) is 12.3 Å². The first-order chi connectivity index (χ1) is 7.60. The summed E-state index contributed by atoms with van der Waals surface area (Å²) in [6.45, 7) is 2.08. The van der Waals surface area contributed by atoms with Gasteiger partial charge >= 0.3 is 0 Å². The Labute approximate surface area is 101 Å². The van der Waals surface area contributed by atoms with Gasteiger partial charge in [-0.2, -0.15) is 0 Å². The van der Waals surface area contributed by atoms with E-state index in [1.807, 2.05) is 0 Å². The van der Waals surface area contributed by atoms with Crippen molar-refractivity contribution in [3.8, 4) is 0 Å². The molecule has 0 aromatic carbocycles. The number of hydrogen-bond donors (Lipinski definition) is 2. The van der Waals surface area contributed by atoms with Crippen LogP contribution in [0.4, 0.5) is 5.82 Å². The van der Waals surface area contributed by atoms with E-state index in [4.69, 9.17) is 27.8 Å². The van der Waals surface area contributed by atoms with Gasteiger partial charge in [0.15, 0.2) is 0 Å². The Bertz CT molecular complexity index is 346. The van der Waals surface area contributed by atoms with Gasteiger partial charge in [-0.25, -0.2) is 4.98 Å². The number of ether oxygens (including phenoxy) is 1. The summed E-state index contributed by atoms with van der Waals surface area (Å²) in [7, 11) is 1.65. The predicted molar refractivity (Wildman–Crippen MR) is 66.3 cm³/mol. The largest absolute Gasteiger partial charge is 0.383 e. The zero-order valence-corrected chi connectivity index (χ0v) is 10.4. The monoisotopic (exact) mass is 243 g/mol. The SMILES string of the molecule is CCCC(OC)C(N)c1cc(Cl)cnc1N. The van der Waals surface area contributed by atoms with Gasteiger partial charge in [-0.3, -0.25) is 0 Å². The minimum atomic E-state index is -0.295. The summed E-state index contributed by atoms with van der Waals surface area (Å²) in [6.07, 6.45) is 3.32. The molecule has 4 nitrogen and oxygen atoms in total. The molecule has 0 aliphatic carbocycles. The predicted octanol–water partition coefficient (Wildman–Crippen LogP) is 2.13. The second-order valence-electron chi connectivity index (χ2n) is 3.72. The van der Waals surface area contributed by atoms with Gasteiger partial charge in [-0.1, -0.05) is 24.9 Å². The lowest BCUT2D eigenvalue weighted by molar-refractivity contribution is 0.0726. The number of methoxy groups -OCH3 is 1. The highest BCUT2D eigenvalue weighted by Crippen LogP contribution is 2.25. The Balaban J connectivity index is 2.93. The first-order valence-corrected chi connectivity index (χ1v) is 5.67. The van der Waals surface area contributed by atoms with E-state index in [-0.39, 0.29) is 12.1 Å². The third-order valence-electron chi connectivity index (χ3n) is 2.55. The van der Waals surface area contributed by atoms with Crippen molar-refractivity contribution in [2.75, 3.05) is 12.8 Å². The van der Waals surface area contributed by atoms with Gasteiger partial charge in [0.1, 0.15) is 5.82 Å². The van der Waals surface area contributed by atoms with E-state index in [9.17, 15) is 0 Å². The van der Waals surface area contributed by atoms with Gasteiger partial charge in [0.2, 0.25) is 0 Å². The highest BCUT2D eigenvalue weighted by Gasteiger charge is 2.21. The first-order valence-electron chi connectivity index (χ1n) is 5.29. The molecular weight excluding hydrogens is 226 g/mol. The standard InChI is InChI=1S/C11H18ClN3O/c1-3-4-9(16-2)10(13)8-5-7(12)6-15-11(8)14/h5-6,9-10H,3-4,13H2,1-2H3,(H2,14,15). The lowest BCUT2D eigenvalue weighted by Gasteiger charge is -2.23. The summed E-state index contributed by atoms with van der Waals surface area (Å²) in [5, 5.41) is 0.533. The molecule has 90 valence electrons. The van der Waals surface area contributed by atoms with Crippen LogP contribution in [0.1, 0.15) is 31.4 Å². The molecule has 0 spiro atoms. The number of nitrogens with two attached hydrogens (primary N) is 2. The average molecular weight is 244 g/mol. The van der Waals surface area contributed by atoms with E-state index in [2.05, 4.69) is 11.9 Å². The topological polar surface area (TPSA) is 74.2 Å². The maximum absolute atomic E-state index is 6.10. The Morgan fingerprint density at radius 3 is 2.81 bits per heavy atom. The van der Waals surface area contributed by atoms with Gasteiger partial charge in [-0.15, -0.1) is 0 Å². The summed E-state index contributed by atoms with van der Waals surface area (Å²) in [4.78, 5) is 3.99. The molecule has 0 aliphatic rings. The van der Waals surface area contributed by atoms with Crippen molar-refractivity contribution in [2.45, 2.75) is 31.9 Å². The average Bonchev–Trinajstić information content (AvgIpc) is 2.28. The highest BCUT2D eigenvalue weighted by atomic mass is 35.5. The number of aromatic nitrogens is 1. The van der Waals surface area contributed by atoms with Crippen LogP contribution in [0.2, 0.25) is 5.02 Å². The number of rotatable bonds is 5. The Morgan fingerprint density at radius 2 is 2.25 bits per heavy atom. The van der Waals surface area contributed by atoms with E-state index in [1.54, 1.807) is 13.2 Å². The van der Waals surface area contributed by atoms with Crippen LogP contribution in [-0.4, -0.2) is 18.2 Å². The van der Waals surface area contributed by atoms with Gasteiger partial charge in [0.25, 0.3) is 0 Å². The second kappa shape index (κ2) is 6.03. The van der Waals surface area contributed by atoms with Gasteiger partial charge in [0.05, 0.1) is 17.2 Å². The summed E-state index contributed by atoms with van der Waals surface area (Å²) >= 11 is 5.87. The normalized spacial score (nSPS) is 14.8. The Kier molecular flexibility index (Phi) is 4.99. The van der Waals surface area contributed by atoms with Crippen LogP contribution in [-0.2, 0) is 4.74 Å². The molecule has 0 amide bonds. The lowest BCUT2D eigenvalue weighted by atomic mass is 9.99. The van der Waals surface area contributed by atoms with Crippen molar-refractivity contribution in [3.63, 3.8) is 0 Å². The summed E-state index contributed by atoms with van der Waals surface area (Å²) in [5.41, 5.74) is 12.6. The maximum Gasteiger partial charge on any atom is 0.128 e. The molecule has 0 bridgehead atoms. The van der Waals surface area contributed by atoms with E-state index in [0.717, 1.165) is 18.4 Å². The van der Waals surface area contributed by atoms with Crippen molar-refractivity contribution < 1.29 is 4.74 Å². The van der Waals surface area contributed by atoms with Crippen LogP contribution in [0.5, 0.6) is 0 Å². The van der Waals surface area contributed by atoms with Crippen LogP contribution in [0.25, 0.3) is 0 Å². The Morgan fingerprint density at radius 1 is 1.56 bits per heavy atom. The molecule has 1 aromatic rings. The summed E-state index contributed by atoms with van der Waals surface area (Å²) in [6, 6.07) is 1.45. The zero-order chi connectivity index (χ0) is 12.1. The molecule has 4 N–H and O–H groups in total.